The fourth-order valence-corrected chi connectivity index (χ4v) is 3.09. The Hall–Kier alpha value is 0.200. The van der Waals surface area contributed by atoms with Crippen molar-refractivity contribution in [2.45, 2.75) is 104 Å². The van der Waals surface area contributed by atoms with Gasteiger partial charge in [-0.2, -0.15) is 0 Å². The van der Waals surface area contributed by atoms with Crippen molar-refractivity contribution < 1.29 is 4.79 Å². The van der Waals surface area contributed by atoms with Crippen LogP contribution < -0.4 is 0 Å². The number of amides is 1. The molecule has 0 atom stereocenters. The molecule has 2 nitrogen and oxygen atoms in total. The van der Waals surface area contributed by atoms with E-state index < -0.39 is 0 Å². The first-order valence-corrected chi connectivity index (χ1v) is 10.1. The van der Waals surface area contributed by atoms with E-state index in [4.69, 9.17) is 0 Å². The molecule has 0 fully saturated rings. The zero-order chi connectivity index (χ0) is 15.8. The Kier molecular flexibility index (Phi) is 16.7. The third-order valence-electron chi connectivity index (χ3n) is 3.97. The molecule has 0 heterocycles. The molecule has 3 heteroatoms. The Labute approximate surface area is 146 Å². The molecule has 0 rings (SSSR count). The van der Waals surface area contributed by atoms with Crippen molar-refractivity contribution in [1.82, 2.24) is 3.11 Å². The van der Waals surface area contributed by atoms with Crippen molar-refractivity contribution in [3.05, 3.63) is 0 Å². The highest BCUT2D eigenvalue weighted by Gasteiger charge is 2.09. The van der Waals surface area contributed by atoms with Gasteiger partial charge in [0.15, 0.2) is 0 Å². The minimum atomic E-state index is 0.331. The molecule has 0 aliphatic rings. The Bertz CT molecular complexity index is 233. The first-order valence-electron chi connectivity index (χ1n) is 9.18. The lowest BCUT2D eigenvalue weighted by Crippen LogP contribution is -2.21. The quantitative estimate of drug-likeness (QED) is 0.168. The summed E-state index contributed by atoms with van der Waals surface area (Å²) in [6.07, 6.45) is 17.5. The molecule has 0 aliphatic carbocycles. The number of halogens is 1. The van der Waals surface area contributed by atoms with Crippen molar-refractivity contribution in [1.29, 1.82) is 0 Å². The van der Waals surface area contributed by atoms with Crippen LogP contribution in [0.25, 0.3) is 0 Å². The molecular weight excluding hydrogens is 373 g/mol. The van der Waals surface area contributed by atoms with Crippen molar-refractivity contribution in [2.75, 3.05) is 6.54 Å². The second-order valence-corrected chi connectivity index (χ2v) is 7.28. The zero-order valence-corrected chi connectivity index (χ0v) is 16.5. The molecule has 0 saturated heterocycles. The molecule has 0 spiro atoms. The molecule has 1 amide bonds. The number of hydrogen-bond donors (Lipinski definition) is 0. The summed E-state index contributed by atoms with van der Waals surface area (Å²) in [5.41, 5.74) is 0. The van der Waals surface area contributed by atoms with Gasteiger partial charge in [0.1, 0.15) is 0 Å². The van der Waals surface area contributed by atoms with E-state index in [0.29, 0.717) is 5.91 Å². The van der Waals surface area contributed by atoms with Gasteiger partial charge in [-0.05, 0) is 12.8 Å². The van der Waals surface area contributed by atoms with Crippen molar-refractivity contribution in [3.63, 3.8) is 0 Å². The number of carbonyl (C=O) groups excluding carboxylic acids is 1. The van der Waals surface area contributed by atoms with Crippen LogP contribution in [0.15, 0.2) is 0 Å². The maximum atomic E-state index is 12.0. The summed E-state index contributed by atoms with van der Waals surface area (Å²) < 4.78 is 1.91. The molecule has 0 bridgehead atoms. The summed E-state index contributed by atoms with van der Waals surface area (Å²) in [5, 5.41) is 0. The maximum Gasteiger partial charge on any atom is 0.231 e. The minimum absolute atomic E-state index is 0.331. The van der Waals surface area contributed by atoms with Crippen molar-refractivity contribution in [3.8, 4) is 0 Å². The van der Waals surface area contributed by atoms with E-state index in [1.165, 1.54) is 70.6 Å². The fraction of sp³-hybridized carbons (Fsp3) is 0.944. The highest BCUT2D eigenvalue weighted by atomic mass is 127. The lowest BCUT2D eigenvalue weighted by molar-refractivity contribution is -0.125. The molecular formula is C18H36INO. The molecule has 0 radical (unpaired) electrons. The monoisotopic (exact) mass is 409 g/mol. The molecule has 0 unspecified atom stereocenters. The minimum Gasteiger partial charge on any atom is -0.285 e. The van der Waals surface area contributed by atoms with Crippen LogP contribution in [0.2, 0.25) is 0 Å². The average molecular weight is 409 g/mol. The Balaban J connectivity index is 3.36. The summed E-state index contributed by atoms with van der Waals surface area (Å²) in [6, 6.07) is 0. The van der Waals surface area contributed by atoms with Crippen LogP contribution in [-0.2, 0) is 4.79 Å². The predicted molar refractivity (Wildman–Crippen MR) is 102 cm³/mol. The van der Waals surface area contributed by atoms with Gasteiger partial charge in [0.05, 0.1) is 22.9 Å². The molecule has 126 valence electrons. The van der Waals surface area contributed by atoms with E-state index in [2.05, 4.69) is 36.7 Å². The average Bonchev–Trinajstić information content (AvgIpc) is 2.49. The van der Waals surface area contributed by atoms with Gasteiger partial charge in [-0.1, -0.05) is 84.5 Å². The van der Waals surface area contributed by atoms with Crippen LogP contribution in [0.4, 0.5) is 0 Å². The maximum absolute atomic E-state index is 12.0. The largest absolute Gasteiger partial charge is 0.285 e. The molecule has 0 aromatic carbocycles. The molecule has 0 aromatic rings. The van der Waals surface area contributed by atoms with Gasteiger partial charge in [-0.15, -0.1) is 0 Å². The van der Waals surface area contributed by atoms with E-state index in [-0.39, 0.29) is 0 Å². The van der Waals surface area contributed by atoms with Gasteiger partial charge < -0.3 is 0 Å². The van der Waals surface area contributed by atoms with E-state index in [1.807, 2.05) is 3.11 Å². The van der Waals surface area contributed by atoms with Crippen LogP contribution in [0.5, 0.6) is 0 Å². The van der Waals surface area contributed by atoms with E-state index in [9.17, 15) is 4.79 Å². The molecule has 0 aromatic heterocycles. The van der Waals surface area contributed by atoms with Gasteiger partial charge in [-0.3, -0.25) is 7.91 Å². The lowest BCUT2D eigenvalue weighted by atomic mass is 10.1. The number of rotatable bonds is 15. The molecule has 0 aliphatic heterocycles. The second-order valence-electron chi connectivity index (χ2n) is 6.12. The summed E-state index contributed by atoms with van der Waals surface area (Å²) in [5.74, 6) is 0.331. The van der Waals surface area contributed by atoms with Crippen molar-refractivity contribution in [2.24, 2.45) is 0 Å². The summed E-state index contributed by atoms with van der Waals surface area (Å²) in [7, 11) is 0. The van der Waals surface area contributed by atoms with Gasteiger partial charge in [-0.25, -0.2) is 0 Å². The second kappa shape index (κ2) is 16.6. The van der Waals surface area contributed by atoms with E-state index >= 15 is 0 Å². The van der Waals surface area contributed by atoms with Crippen LogP contribution in [0, 0.1) is 0 Å². The van der Waals surface area contributed by atoms with Gasteiger partial charge >= 0.3 is 0 Å². The predicted octanol–water partition coefficient (Wildman–Crippen LogP) is 6.67. The lowest BCUT2D eigenvalue weighted by Gasteiger charge is -2.14. The van der Waals surface area contributed by atoms with Crippen LogP contribution in [-0.4, -0.2) is 15.6 Å². The van der Waals surface area contributed by atoms with Gasteiger partial charge in [0.25, 0.3) is 0 Å². The standard InChI is InChI=1S/C18H36INO/c1-3-5-7-9-11-12-14-16-18(21)20(19)17-15-13-10-8-6-4-2/h3-17H2,1-2H3. The fourth-order valence-electron chi connectivity index (χ4n) is 2.51. The van der Waals surface area contributed by atoms with Crippen LogP contribution in [0.1, 0.15) is 104 Å². The Morgan fingerprint density at radius 1 is 0.714 bits per heavy atom. The molecule has 0 N–H and O–H groups in total. The van der Waals surface area contributed by atoms with Crippen LogP contribution >= 0.6 is 22.9 Å². The number of carbonyl (C=O) groups is 1. The summed E-state index contributed by atoms with van der Waals surface area (Å²) in [6.45, 7) is 5.43. The number of hydrogen-bond acceptors (Lipinski definition) is 1. The number of nitrogens with zero attached hydrogens (tertiary/aromatic N) is 1. The topological polar surface area (TPSA) is 20.3 Å². The first-order chi connectivity index (χ1) is 10.2. The summed E-state index contributed by atoms with van der Waals surface area (Å²) in [4.78, 5) is 12.0. The van der Waals surface area contributed by atoms with E-state index in [1.54, 1.807) is 0 Å². The Morgan fingerprint density at radius 2 is 1.14 bits per heavy atom. The summed E-state index contributed by atoms with van der Waals surface area (Å²) >= 11 is 2.20. The van der Waals surface area contributed by atoms with E-state index in [0.717, 1.165) is 25.8 Å². The highest BCUT2D eigenvalue weighted by molar-refractivity contribution is 14.1. The highest BCUT2D eigenvalue weighted by Crippen LogP contribution is 2.13. The van der Waals surface area contributed by atoms with Crippen LogP contribution in [0.3, 0.4) is 0 Å². The smallest absolute Gasteiger partial charge is 0.231 e. The zero-order valence-electron chi connectivity index (χ0n) is 14.3. The third kappa shape index (κ3) is 14.9. The normalized spacial score (nSPS) is 10.8. The first kappa shape index (κ1) is 21.2. The Morgan fingerprint density at radius 3 is 1.67 bits per heavy atom. The third-order valence-corrected chi connectivity index (χ3v) is 4.99. The number of unbranched alkanes of at least 4 members (excludes halogenated alkanes) is 11. The van der Waals surface area contributed by atoms with Gasteiger partial charge in [0, 0.05) is 13.0 Å². The van der Waals surface area contributed by atoms with Gasteiger partial charge in [0.2, 0.25) is 5.91 Å². The SMILES string of the molecule is CCCCCCCCCC(=O)N(I)CCCCCCCC. The van der Waals surface area contributed by atoms with Crippen molar-refractivity contribution >= 4 is 28.8 Å². The molecule has 21 heavy (non-hydrogen) atoms. The molecule has 0 saturated carbocycles.